The lowest BCUT2D eigenvalue weighted by atomic mass is 9.98. The first-order chi connectivity index (χ1) is 23.3. The average molecular weight is 655 g/mol. The van der Waals surface area contributed by atoms with Gasteiger partial charge in [0.1, 0.15) is 11.6 Å². The molecule has 6 rings (SSSR count). The van der Waals surface area contributed by atoms with Gasteiger partial charge in [0.2, 0.25) is 0 Å². The monoisotopic (exact) mass is 654 g/mol. The van der Waals surface area contributed by atoms with Crippen LogP contribution in [0.4, 0.5) is 11.6 Å². The highest BCUT2D eigenvalue weighted by Gasteiger charge is 2.18. The van der Waals surface area contributed by atoms with Crippen molar-refractivity contribution >= 4 is 11.6 Å². The highest BCUT2D eigenvalue weighted by atomic mass is 16.1. The molecule has 4 aromatic rings. The summed E-state index contributed by atoms with van der Waals surface area (Å²) in [5.74, 6) is 1.45. The van der Waals surface area contributed by atoms with E-state index in [-0.39, 0.29) is 17.2 Å². The van der Waals surface area contributed by atoms with E-state index in [1.807, 2.05) is 24.3 Å². The van der Waals surface area contributed by atoms with E-state index >= 15 is 0 Å². The van der Waals surface area contributed by atoms with Crippen molar-refractivity contribution in [3.8, 4) is 11.4 Å². The minimum Gasteiger partial charge on any atom is -0.383 e. The summed E-state index contributed by atoms with van der Waals surface area (Å²) < 4.78 is 3.07. The Morgan fingerprint density at radius 1 is 0.792 bits per heavy atom. The first-order valence-electron chi connectivity index (χ1n) is 17.0. The maximum absolute atomic E-state index is 12.2. The van der Waals surface area contributed by atoms with Crippen LogP contribution in [0.5, 0.6) is 0 Å². The van der Waals surface area contributed by atoms with Crippen LogP contribution in [0.2, 0.25) is 0 Å². The number of aromatic nitrogens is 4. The summed E-state index contributed by atoms with van der Waals surface area (Å²) in [4.78, 5) is 36.7. The van der Waals surface area contributed by atoms with Crippen molar-refractivity contribution in [2.75, 3.05) is 63.9 Å². The molecule has 2 atom stereocenters. The molecule has 0 amide bonds. The van der Waals surface area contributed by atoms with Crippen LogP contribution in [0.3, 0.4) is 0 Å². The Hall–Kier alpha value is -4.36. The molecule has 2 aliphatic heterocycles. The fourth-order valence-electron chi connectivity index (χ4n) is 6.45. The molecule has 2 aliphatic rings. The van der Waals surface area contributed by atoms with Crippen molar-refractivity contribution in [1.29, 1.82) is 0 Å². The van der Waals surface area contributed by atoms with Gasteiger partial charge in [0.25, 0.3) is 0 Å². The zero-order valence-corrected chi connectivity index (χ0v) is 28.0. The van der Waals surface area contributed by atoms with Gasteiger partial charge in [-0.2, -0.15) is 9.97 Å². The molecule has 256 valence electrons. The van der Waals surface area contributed by atoms with Crippen LogP contribution in [0.1, 0.15) is 36.8 Å². The summed E-state index contributed by atoms with van der Waals surface area (Å²) in [7, 11) is 1.75. The first kappa shape index (κ1) is 35.0. The Labute approximate surface area is 282 Å². The predicted octanol–water partition coefficient (Wildman–Crippen LogP) is 2.27. The molecule has 12 heteroatoms. The van der Waals surface area contributed by atoms with Crippen molar-refractivity contribution in [3.63, 3.8) is 0 Å². The lowest BCUT2D eigenvalue weighted by molar-refractivity contribution is 0.180. The Balaban J connectivity index is 0.000000188. The zero-order chi connectivity index (χ0) is 33.9. The summed E-state index contributed by atoms with van der Waals surface area (Å²) in [5, 5.41) is 2.88. The number of nitrogens with two attached hydrogens (primary N) is 3. The number of benzene rings is 2. The topological polar surface area (TPSA) is 166 Å². The molecule has 0 saturated carbocycles. The van der Waals surface area contributed by atoms with Gasteiger partial charge in [-0.3, -0.25) is 9.13 Å². The standard InChI is InChI=1S/C19H27N5O.C17H23N5O/c1-21-18-8-11-24(19(25)22-18)17-6-2-4-15(12-17)7-10-23-9-3-5-16(13-20)14-23;18-14-2-1-9-21(12-14)10-7-13-3-5-15(6-4-13)22-11-8-16(19)20-17(22)23/h2,4,6,8,11-12,16H,3,5,7,9-10,13-14,20H2,1H3,(H,21,22,25);3-6,8,11,14H,1-2,7,9-10,12,18H2,(H2,19,20,23). The maximum Gasteiger partial charge on any atom is 0.354 e. The molecule has 4 heterocycles. The lowest BCUT2D eigenvalue weighted by Crippen LogP contribution is -2.43. The molecule has 2 unspecified atom stereocenters. The predicted molar refractivity (Wildman–Crippen MR) is 193 cm³/mol. The van der Waals surface area contributed by atoms with Crippen molar-refractivity contribution in [3.05, 3.63) is 105 Å². The van der Waals surface area contributed by atoms with Gasteiger partial charge >= 0.3 is 11.4 Å². The molecule has 0 spiro atoms. The van der Waals surface area contributed by atoms with Crippen LogP contribution in [-0.4, -0.2) is 87.8 Å². The van der Waals surface area contributed by atoms with E-state index < -0.39 is 0 Å². The fraction of sp³-hybridized carbons (Fsp3) is 0.444. The second kappa shape index (κ2) is 17.2. The normalized spacial score (nSPS) is 18.6. The van der Waals surface area contributed by atoms with Crippen LogP contribution >= 0.6 is 0 Å². The van der Waals surface area contributed by atoms with Gasteiger partial charge in [0, 0.05) is 51.7 Å². The van der Waals surface area contributed by atoms with Crippen molar-refractivity contribution < 1.29 is 0 Å². The van der Waals surface area contributed by atoms with E-state index in [1.165, 1.54) is 35.0 Å². The lowest BCUT2D eigenvalue weighted by Gasteiger charge is -2.32. The number of piperidine rings is 2. The van der Waals surface area contributed by atoms with Crippen molar-refractivity contribution in [2.24, 2.45) is 17.4 Å². The number of anilines is 2. The highest BCUT2D eigenvalue weighted by Crippen LogP contribution is 2.17. The van der Waals surface area contributed by atoms with Crippen molar-refractivity contribution in [2.45, 2.75) is 44.6 Å². The minimum atomic E-state index is -0.361. The molecule has 0 bridgehead atoms. The first-order valence-corrected chi connectivity index (χ1v) is 17.0. The Kier molecular flexibility index (Phi) is 12.5. The third-order valence-corrected chi connectivity index (χ3v) is 9.20. The molecule has 2 saturated heterocycles. The van der Waals surface area contributed by atoms with Gasteiger partial charge in [0.15, 0.2) is 0 Å². The summed E-state index contributed by atoms with van der Waals surface area (Å²) in [6, 6.07) is 19.9. The van der Waals surface area contributed by atoms with Crippen LogP contribution in [-0.2, 0) is 12.8 Å². The zero-order valence-electron chi connectivity index (χ0n) is 28.0. The molecule has 7 N–H and O–H groups in total. The Bertz CT molecular complexity index is 1720. The molecule has 0 aliphatic carbocycles. The minimum absolute atomic E-state index is 0.239. The molecule has 0 radical (unpaired) electrons. The summed E-state index contributed by atoms with van der Waals surface area (Å²) in [6.45, 7) is 7.23. The number of nitrogen functional groups attached to an aromatic ring is 1. The van der Waals surface area contributed by atoms with Gasteiger partial charge in [-0.25, -0.2) is 9.59 Å². The van der Waals surface area contributed by atoms with Gasteiger partial charge in [-0.15, -0.1) is 0 Å². The molecule has 2 aromatic heterocycles. The second-order valence-corrected chi connectivity index (χ2v) is 12.8. The number of nitrogens with zero attached hydrogens (tertiary/aromatic N) is 6. The van der Waals surface area contributed by atoms with Gasteiger partial charge in [-0.1, -0.05) is 24.3 Å². The molecule has 48 heavy (non-hydrogen) atoms. The summed E-state index contributed by atoms with van der Waals surface area (Å²) in [6.07, 6.45) is 10.2. The van der Waals surface area contributed by atoms with E-state index in [1.54, 1.807) is 36.1 Å². The third kappa shape index (κ3) is 9.83. The van der Waals surface area contributed by atoms with E-state index in [0.29, 0.717) is 17.8 Å². The average Bonchev–Trinajstić information content (AvgIpc) is 3.10. The molecule has 2 fully saturated rings. The maximum atomic E-state index is 12.2. The number of nitrogens with one attached hydrogen (secondary N) is 1. The number of likely N-dealkylation sites (tertiary alicyclic amines) is 2. The highest BCUT2D eigenvalue weighted by molar-refractivity contribution is 5.39. The van der Waals surface area contributed by atoms with Gasteiger partial charge in [-0.05, 0) is 112 Å². The summed E-state index contributed by atoms with van der Waals surface area (Å²) >= 11 is 0. The summed E-state index contributed by atoms with van der Waals surface area (Å²) in [5.41, 5.74) is 20.9. The van der Waals surface area contributed by atoms with Crippen LogP contribution in [0, 0.1) is 5.92 Å². The van der Waals surface area contributed by atoms with Gasteiger partial charge < -0.3 is 32.3 Å². The van der Waals surface area contributed by atoms with E-state index in [0.717, 1.165) is 76.5 Å². The molecular formula is C36H50N10O2. The molecule has 2 aromatic carbocycles. The second-order valence-electron chi connectivity index (χ2n) is 12.8. The third-order valence-electron chi connectivity index (χ3n) is 9.20. The Morgan fingerprint density at radius 3 is 2.15 bits per heavy atom. The molecular weight excluding hydrogens is 604 g/mol. The molecule has 12 nitrogen and oxygen atoms in total. The van der Waals surface area contributed by atoms with Crippen LogP contribution in [0.25, 0.3) is 11.4 Å². The fourth-order valence-corrected chi connectivity index (χ4v) is 6.45. The largest absolute Gasteiger partial charge is 0.383 e. The number of hydrogen-bond acceptors (Lipinski definition) is 10. The van der Waals surface area contributed by atoms with E-state index in [4.69, 9.17) is 17.2 Å². The smallest absolute Gasteiger partial charge is 0.354 e. The SMILES string of the molecule is CNc1ccn(-c2cccc(CCN3CCCC(CN)C3)c2)c(=O)n1.Nc1ccn(-c2ccc(CCN3CCCC(N)C3)cc2)c(=O)n1. The van der Waals surface area contributed by atoms with Crippen LogP contribution in [0.15, 0.2) is 82.6 Å². The van der Waals surface area contributed by atoms with E-state index in [2.05, 4.69) is 49.4 Å². The quantitative estimate of drug-likeness (QED) is 0.199. The van der Waals surface area contributed by atoms with E-state index in [9.17, 15) is 9.59 Å². The number of rotatable bonds is 10. The Morgan fingerprint density at radius 2 is 1.46 bits per heavy atom. The van der Waals surface area contributed by atoms with Crippen molar-refractivity contribution in [1.82, 2.24) is 28.9 Å². The van der Waals surface area contributed by atoms with Crippen LogP contribution < -0.4 is 33.9 Å². The number of hydrogen-bond donors (Lipinski definition) is 4. The van der Waals surface area contributed by atoms with Gasteiger partial charge in [0.05, 0.1) is 11.4 Å².